The van der Waals surface area contributed by atoms with Crippen molar-refractivity contribution in [2.45, 2.75) is 33.0 Å². The SMILES string of the molecule is CC(C)Oc1cccc(NCC(C)Oc2ccc(Cl)cc2)c1. The smallest absolute Gasteiger partial charge is 0.121 e. The van der Waals surface area contributed by atoms with Crippen LogP contribution in [0.5, 0.6) is 11.5 Å². The molecule has 0 spiro atoms. The van der Waals surface area contributed by atoms with Crippen LogP contribution >= 0.6 is 11.6 Å². The van der Waals surface area contributed by atoms with E-state index in [1.165, 1.54) is 0 Å². The van der Waals surface area contributed by atoms with Gasteiger partial charge in [0, 0.05) is 16.8 Å². The van der Waals surface area contributed by atoms with Crippen LogP contribution in [0, 0.1) is 0 Å². The van der Waals surface area contributed by atoms with E-state index in [1.807, 2.05) is 69.3 Å². The molecule has 0 saturated heterocycles. The first-order chi connectivity index (χ1) is 10.5. The van der Waals surface area contributed by atoms with E-state index in [2.05, 4.69) is 5.32 Å². The molecule has 1 unspecified atom stereocenters. The average Bonchev–Trinajstić information content (AvgIpc) is 2.47. The second-order valence-electron chi connectivity index (χ2n) is 5.46. The molecule has 0 fully saturated rings. The molecule has 0 aliphatic rings. The third-order valence-corrected chi connectivity index (χ3v) is 3.20. The molecule has 118 valence electrons. The summed E-state index contributed by atoms with van der Waals surface area (Å²) < 4.78 is 11.5. The Balaban J connectivity index is 1.85. The summed E-state index contributed by atoms with van der Waals surface area (Å²) in [5.41, 5.74) is 1.02. The van der Waals surface area contributed by atoms with Crippen LogP contribution < -0.4 is 14.8 Å². The van der Waals surface area contributed by atoms with Crippen molar-refractivity contribution in [2.75, 3.05) is 11.9 Å². The molecule has 2 rings (SSSR count). The van der Waals surface area contributed by atoms with Crippen LogP contribution in [0.3, 0.4) is 0 Å². The highest BCUT2D eigenvalue weighted by Gasteiger charge is 2.05. The molecule has 0 radical (unpaired) electrons. The molecule has 22 heavy (non-hydrogen) atoms. The zero-order valence-electron chi connectivity index (χ0n) is 13.2. The van der Waals surface area contributed by atoms with Crippen molar-refractivity contribution < 1.29 is 9.47 Å². The molecule has 0 aliphatic heterocycles. The molecular formula is C18H22ClNO2. The third kappa shape index (κ3) is 5.49. The van der Waals surface area contributed by atoms with Gasteiger partial charge in [0.2, 0.25) is 0 Å². The number of hydrogen-bond donors (Lipinski definition) is 1. The molecule has 3 nitrogen and oxygen atoms in total. The average molecular weight is 320 g/mol. The topological polar surface area (TPSA) is 30.5 Å². The minimum absolute atomic E-state index is 0.0378. The molecular weight excluding hydrogens is 298 g/mol. The fourth-order valence-corrected chi connectivity index (χ4v) is 2.13. The Morgan fingerprint density at radius 3 is 2.36 bits per heavy atom. The molecule has 0 aromatic heterocycles. The van der Waals surface area contributed by atoms with Gasteiger partial charge in [-0.2, -0.15) is 0 Å². The van der Waals surface area contributed by atoms with Gasteiger partial charge >= 0.3 is 0 Å². The molecule has 0 amide bonds. The Labute approximate surface area is 137 Å². The van der Waals surface area contributed by atoms with Crippen molar-refractivity contribution in [1.29, 1.82) is 0 Å². The van der Waals surface area contributed by atoms with E-state index < -0.39 is 0 Å². The van der Waals surface area contributed by atoms with Gasteiger partial charge in [-0.05, 0) is 57.2 Å². The van der Waals surface area contributed by atoms with E-state index in [1.54, 1.807) is 0 Å². The van der Waals surface area contributed by atoms with Gasteiger partial charge < -0.3 is 14.8 Å². The number of halogens is 1. The van der Waals surface area contributed by atoms with Crippen LogP contribution in [0.4, 0.5) is 5.69 Å². The van der Waals surface area contributed by atoms with E-state index in [9.17, 15) is 0 Å². The zero-order chi connectivity index (χ0) is 15.9. The number of ether oxygens (including phenoxy) is 2. The lowest BCUT2D eigenvalue weighted by Gasteiger charge is -2.17. The van der Waals surface area contributed by atoms with E-state index in [4.69, 9.17) is 21.1 Å². The van der Waals surface area contributed by atoms with E-state index in [-0.39, 0.29) is 12.2 Å². The Bertz CT molecular complexity index is 584. The van der Waals surface area contributed by atoms with Crippen LogP contribution in [0.15, 0.2) is 48.5 Å². The second-order valence-corrected chi connectivity index (χ2v) is 5.89. The Morgan fingerprint density at radius 1 is 0.955 bits per heavy atom. The van der Waals surface area contributed by atoms with Gasteiger partial charge in [0.25, 0.3) is 0 Å². The number of rotatable bonds is 7. The van der Waals surface area contributed by atoms with E-state index >= 15 is 0 Å². The first-order valence-corrected chi connectivity index (χ1v) is 7.83. The maximum Gasteiger partial charge on any atom is 0.121 e. The summed E-state index contributed by atoms with van der Waals surface area (Å²) in [7, 11) is 0. The predicted octanol–water partition coefficient (Wildman–Crippen LogP) is 5.01. The maximum absolute atomic E-state index is 5.86. The standard InChI is InChI=1S/C18H22ClNO2/c1-13(2)21-18-6-4-5-16(11-18)20-12-14(3)22-17-9-7-15(19)8-10-17/h4-11,13-14,20H,12H2,1-3H3. The van der Waals surface area contributed by atoms with Crippen molar-refractivity contribution in [3.63, 3.8) is 0 Å². The first-order valence-electron chi connectivity index (χ1n) is 7.46. The normalized spacial score (nSPS) is 12.0. The summed E-state index contributed by atoms with van der Waals surface area (Å²) in [5, 5.41) is 4.07. The van der Waals surface area contributed by atoms with Gasteiger partial charge in [0.15, 0.2) is 0 Å². The van der Waals surface area contributed by atoms with Crippen molar-refractivity contribution >= 4 is 17.3 Å². The summed E-state index contributed by atoms with van der Waals surface area (Å²) in [6.45, 7) is 6.76. The first kappa shape index (κ1) is 16.5. The lowest BCUT2D eigenvalue weighted by Crippen LogP contribution is -2.22. The lowest BCUT2D eigenvalue weighted by atomic mass is 10.2. The Hall–Kier alpha value is -1.87. The van der Waals surface area contributed by atoms with E-state index in [0.717, 1.165) is 17.2 Å². The maximum atomic E-state index is 5.86. The lowest BCUT2D eigenvalue weighted by molar-refractivity contribution is 0.234. The highest BCUT2D eigenvalue weighted by atomic mass is 35.5. The molecule has 0 bridgehead atoms. The van der Waals surface area contributed by atoms with Gasteiger partial charge in [0.05, 0.1) is 12.6 Å². The largest absolute Gasteiger partial charge is 0.491 e. The van der Waals surface area contributed by atoms with Crippen molar-refractivity contribution in [3.8, 4) is 11.5 Å². The van der Waals surface area contributed by atoms with Gasteiger partial charge in [-0.15, -0.1) is 0 Å². The van der Waals surface area contributed by atoms with Crippen molar-refractivity contribution in [3.05, 3.63) is 53.6 Å². The summed E-state index contributed by atoms with van der Waals surface area (Å²) in [6.07, 6.45) is 0.207. The van der Waals surface area contributed by atoms with Crippen LogP contribution in [-0.4, -0.2) is 18.8 Å². The highest BCUT2D eigenvalue weighted by molar-refractivity contribution is 6.30. The number of hydrogen-bond acceptors (Lipinski definition) is 3. The van der Waals surface area contributed by atoms with Gasteiger partial charge in [-0.1, -0.05) is 17.7 Å². The molecule has 0 aliphatic carbocycles. The summed E-state index contributed by atoms with van der Waals surface area (Å²) in [5.74, 6) is 1.68. The van der Waals surface area contributed by atoms with Gasteiger partial charge in [-0.25, -0.2) is 0 Å². The molecule has 4 heteroatoms. The molecule has 1 N–H and O–H groups in total. The minimum Gasteiger partial charge on any atom is -0.491 e. The van der Waals surface area contributed by atoms with Crippen LogP contribution in [0.1, 0.15) is 20.8 Å². The fraction of sp³-hybridized carbons (Fsp3) is 0.333. The van der Waals surface area contributed by atoms with Gasteiger partial charge in [0.1, 0.15) is 17.6 Å². The van der Waals surface area contributed by atoms with Gasteiger partial charge in [-0.3, -0.25) is 0 Å². The summed E-state index contributed by atoms with van der Waals surface area (Å²) in [4.78, 5) is 0. The minimum atomic E-state index is 0.0378. The van der Waals surface area contributed by atoms with Crippen LogP contribution in [0.2, 0.25) is 5.02 Å². The number of nitrogens with one attached hydrogen (secondary N) is 1. The highest BCUT2D eigenvalue weighted by Crippen LogP contribution is 2.19. The molecule has 0 heterocycles. The second kappa shape index (κ2) is 7.95. The van der Waals surface area contributed by atoms with Crippen molar-refractivity contribution in [2.24, 2.45) is 0 Å². The van der Waals surface area contributed by atoms with E-state index in [0.29, 0.717) is 11.6 Å². The molecule has 2 aromatic carbocycles. The zero-order valence-corrected chi connectivity index (χ0v) is 13.9. The van der Waals surface area contributed by atoms with Crippen molar-refractivity contribution in [1.82, 2.24) is 0 Å². The predicted molar refractivity (Wildman–Crippen MR) is 92.2 cm³/mol. The Morgan fingerprint density at radius 2 is 1.68 bits per heavy atom. The number of benzene rings is 2. The molecule has 1 atom stereocenters. The number of anilines is 1. The fourth-order valence-electron chi connectivity index (χ4n) is 2.00. The monoisotopic (exact) mass is 319 g/mol. The third-order valence-electron chi connectivity index (χ3n) is 2.95. The van der Waals surface area contributed by atoms with Crippen LogP contribution in [0.25, 0.3) is 0 Å². The molecule has 2 aromatic rings. The molecule has 0 saturated carbocycles. The quantitative estimate of drug-likeness (QED) is 0.778. The van der Waals surface area contributed by atoms with Crippen LogP contribution in [-0.2, 0) is 0 Å². The summed E-state index contributed by atoms with van der Waals surface area (Å²) >= 11 is 5.86. The summed E-state index contributed by atoms with van der Waals surface area (Å²) in [6, 6.07) is 15.3. The Kier molecular flexibility index (Phi) is 5.96.